The van der Waals surface area contributed by atoms with Gasteiger partial charge in [0.25, 0.3) is 0 Å². The van der Waals surface area contributed by atoms with Crippen LogP contribution in [0.2, 0.25) is 0 Å². The summed E-state index contributed by atoms with van der Waals surface area (Å²) >= 11 is 0. The van der Waals surface area contributed by atoms with Crippen LogP contribution in [0.15, 0.2) is 146 Å². The van der Waals surface area contributed by atoms with E-state index in [1.165, 1.54) is 0 Å². The molecule has 0 aliphatic carbocycles. The van der Waals surface area contributed by atoms with Gasteiger partial charge in [-0.25, -0.2) is 0 Å². The number of nitrogens with zero attached hydrogens (tertiary/aromatic N) is 2. The molecule has 1 atom stereocenters. The third-order valence-electron chi connectivity index (χ3n) is 9.23. The number of benzene rings is 5. The van der Waals surface area contributed by atoms with Crippen LogP contribution in [-0.2, 0) is 23.2 Å². The van der Waals surface area contributed by atoms with Gasteiger partial charge in [-0.15, -0.1) is 0 Å². The van der Waals surface area contributed by atoms with Gasteiger partial charge in [-0.05, 0) is 52.8 Å². The Kier molecular flexibility index (Phi) is 9.83. The number of ether oxygens (including phenoxy) is 1. The third-order valence-corrected chi connectivity index (χ3v) is 9.23. The molecule has 242 valence electrons. The van der Waals surface area contributed by atoms with Gasteiger partial charge in [-0.1, -0.05) is 127 Å². The predicted molar refractivity (Wildman–Crippen MR) is 192 cm³/mol. The van der Waals surface area contributed by atoms with Crippen molar-refractivity contribution >= 4 is 22.7 Å². The maximum Gasteiger partial charge on any atom is 0.231 e. The molecule has 1 amide bonds. The average Bonchev–Trinajstić information content (AvgIpc) is 3.51. The fourth-order valence-corrected chi connectivity index (χ4v) is 7.15. The zero-order valence-electron chi connectivity index (χ0n) is 27.5. The van der Waals surface area contributed by atoms with E-state index in [0.29, 0.717) is 19.3 Å². The summed E-state index contributed by atoms with van der Waals surface area (Å²) in [7, 11) is 1.65. The van der Waals surface area contributed by atoms with Crippen molar-refractivity contribution in [3.63, 3.8) is 0 Å². The second-order valence-corrected chi connectivity index (χ2v) is 12.0. The van der Waals surface area contributed by atoms with Crippen LogP contribution < -0.4 is 10.5 Å². The van der Waals surface area contributed by atoms with Crippen molar-refractivity contribution in [1.29, 1.82) is 0 Å². The van der Waals surface area contributed by atoms with Crippen molar-refractivity contribution in [2.24, 2.45) is 5.73 Å². The van der Waals surface area contributed by atoms with Crippen LogP contribution in [0.3, 0.4) is 0 Å². The third kappa shape index (κ3) is 6.15. The molecule has 6 rings (SSSR count). The maximum atomic E-state index is 14.2. The van der Waals surface area contributed by atoms with E-state index in [1.807, 2.05) is 114 Å². The number of carbonyl (C=O) groups excluding carboxylic acids is 2. The van der Waals surface area contributed by atoms with Crippen molar-refractivity contribution in [2.75, 3.05) is 13.7 Å². The van der Waals surface area contributed by atoms with E-state index in [2.05, 4.69) is 36.4 Å². The van der Waals surface area contributed by atoms with Crippen LogP contribution in [0.1, 0.15) is 46.0 Å². The first-order valence-corrected chi connectivity index (χ1v) is 16.4. The standard InChI is InChI=1S/C42H41N3O3/c1-31(46)45(42(34-17-6-3-7-18-34,35-19-8-4-9-20-35)36-21-10-5-11-22-36)37(29-43)28-33-30-44(39-24-14-13-23-38(33)39)41(47)27-26-32-16-12-15-25-40(32)48-2/h3-25,30,37H,26-29,43H2,1-2H3/t37-/m0/s1. The highest BCUT2D eigenvalue weighted by atomic mass is 16.5. The zero-order valence-corrected chi connectivity index (χ0v) is 27.5. The second-order valence-electron chi connectivity index (χ2n) is 12.0. The summed E-state index contributed by atoms with van der Waals surface area (Å²) in [5.74, 6) is 0.666. The summed E-state index contributed by atoms with van der Waals surface area (Å²) in [5, 5.41) is 0.967. The lowest BCUT2D eigenvalue weighted by Gasteiger charge is -2.49. The van der Waals surface area contributed by atoms with Crippen LogP contribution in [0.4, 0.5) is 0 Å². The lowest BCUT2D eigenvalue weighted by molar-refractivity contribution is -0.135. The molecule has 6 heteroatoms. The highest BCUT2D eigenvalue weighted by Crippen LogP contribution is 2.44. The van der Waals surface area contributed by atoms with E-state index in [4.69, 9.17) is 10.5 Å². The van der Waals surface area contributed by atoms with E-state index in [9.17, 15) is 9.59 Å². The minimum Gasteiger partial charge on any atom is -0.496 e. The van der Waals surface area contributed by atoms with E-state index >= 15 is 0 Å². The fourth-order valence-electron chi connectivity index (χ4n) is 7.15. The summed E-state index contributed by atoms with van der Waals surface area (Å²) in [6, 6.07) is 45.8. The minimum atomic E-state index is -0.970. The molecule has 0 saturated heterocycles. The summed E-state index contributed by atoms with van der Waals surface area (Å²) in [5.41, 5.74) is 11.4. The number of rotatable bonds is 12. The molecule has 2 N–H and O–H groups in total. The molecule has 48 heavy (non-hydrogen) atoms. The molecule has 0 unspecified atom stereocenters. The molecule has 0 bridgehead atoms. The van der Waals surface area contributed by atoms with Crippen molar-refractivity contribution in [2.45, 2.75) is 37.8 Å². The van der Waals surface area contributed by atoms with Crippen LogP contribution in [0, 0.1) is 0 Å². The van der Waals surface area contributed by atoms with E-state index < -0.39 is 11.6 Å². The Morgan fingerprint density at radius 2 is 1.25 bits per heavy atom. The summed E-state index contributed by atoms with van der Waals surface area (Å²) in [6.45, 7) is 1.84. The number of fused-ring (bicyclic) bond motifs is 1. The Labute approximate surface area is 282 Å². The fraction of sp³-hybridized carbons (Fsp3) is 0.190. The summed E-state index contributed by atoms with van der Waals surface area (Å²) < 4.78 is 7.27. The van der Waals surface area contributed by atoms with Gasteiger partial charge in [-0.3, -0.25) is 14.2 Å². The van der Waals surface area contributed by atoms with Crippen molar-refractivity contribution in [3.8, 4) is 5.75 Å². The number of hydrogen-bond donors (Lipinski definition) is 1. The lowest BCUT2D eigenvalue weighted by Crippen LogP contribution is -2.57. The minimum absolute atomic E-state index is 0.0108. The molecule has 0 fully saturated rings. The van der Waals surface area contributed by atoms with Gasteiger partial charge in [0, 0.05) is 37.5 Å². The van der Waals surface area contributed by atoms with E-state index in [0.717, 1.165) is 44.5 Å². The van der Waals surface area contributed by atoms with Crippen LogP contribution >= 0.6 is 0 Å². The number of nitrogens with two attached hydrogens (primary N) is 1. The molecule has 5 aromatic carbocycles. The number of para-hydroxylation sites is 2. The second kappa shape index (κ2) is 14.5. The molecule has 6 aromatic rings. The highest BCUT2D eigenvalue weighted by Gasteiger charge is 2.46. The van der Waals surface area contributed by atoms with Crippen molar-refractivity contribution in [3.05, 3.63) is 174 Å². The van der Waals surface area contributed by atoms with Gasteiger partial charge >= 0.3 is 0 Å². The van der Waals surface area contributed by atoms with E-state index in [-0.39, 0.29) is 18.4 Å². The average molecular weight is 636 g/mol. The topological polar surface area (TPSA) is 77.6 Å². The first-order valence-electron chi connectivity index (χ1n) is 16.4. The Hall–Kier alpha value is -5.46. The largest absolute Gasteiger partial charge is 0.496 e. The van der Waals surface area contributed by atoms with Gasteiger partial charge in [0.1, 0.15) is 11.3 Å². The van der Waals surface area contributed by atoms with Gasteiger partial charge in [0.15, 0.2) is 0 Å². The lowest BCUT2D eigenvalue weighted by atomic mass is 9.74. The number of aryl methyl sites for hydroxylation is 1. The summed E-state index contributed by atoms with van der Waals surface area (Å²) in [6.07, 6.45) is 3.27. The van der Waals surface area contributed by atoms with Crippen LogP contribution in [-0.4, -0.2) is 41.0 Å². The first kappa shape index (κ1) is 32.5. The molecule has 0 aliphatic rings. The highest BCUT2D eigenvalue weighted by molar-refractivity contribution is 5.94. The molecular formula is C42H41N3O3. The Balaban J connectivity index is 1.45. The number of hydrogen-bond acceptors (Lipinski definition) is 4. The molecule has 0 spiro atoms. The Morgan fingerprint density at radius 3 is 1.79 bits per heavy atom. The molecule has 0 radical (unpaired) electrons. The quantitative estimate of drug-likeness (QED) is 0.140. The Morgan fingerprint density at radius 1 is 0.729 bits per heavy atom. The number of methoxy groups -OCH3 is 1. The van der Waals surface area contributed by atoms with Gasteiger partial charge in [0.05, 0.1) is 12.6 Å². The van der Waals surface area contributed by atoms with Gasteiger partial charge in [0.2, 0.25) is 11.8 Å². The molecule has 6 nitrogen and oxygen atoms in total. The van der Waals surface area contributed by atoms with Crippen molar-refractivity contribution in [1.82, 2.24) is 9.47 Å². The molecule has 0 aliphatic heterocycles. The van der Waals surface area contributed by atoms with E-state index in [1.54, 1.807) is 18.6 Å². The first-order chi connectivity index (χ1) is 23.5. The summed E-state index contributed by atoms with van der Waals surface area (Å²) in [4.78, 5) is 29.9. The SMILES string of the molecule is COc1ccccc1CCC(=O)n1cc(C[C@@H](CN)N(C(C)=O)C(c2ccccc2)(c2ccccc2)c2ccccc2)c2ccccc21. The number of aromatic nitrogens is 1. The predicted octanol–water partition coefficient (Wildman–Crippen LogP) is 7.63. The van der Waals surface area contributed by atoms with Crippen LogP contribution in [0.25, 0.3) is 10.9 Å². The molecule has 0 saturated carbocycles. The van der Waals surface area contributed by atoms with Gasteiger partial charge < -0.3 is 15.4 Å². The monoisotopic (exact) mass is 635 g/mol. The molecular weight excluding hydrogens is 594 g/mol. The Bertz CT molecular complexity index is 1890. The normalized spacial score (nSPS) is 12.1. The molecule has 1 heterocycles. The number of carbonyl (C=O) groups is 2. The van der Waals surface area contributed by atoms with Crippen LogP contribution in [0.5, 0.6) is 5.75 Å². The van der Waals surface area contributed by atoms with Gasteiger partial charge in [-0.2, -0.15) is 0 Å². The number of amides is 1. The smallest absolute Gasteiger partial charge is 0.231 e. The van der Waals surface area contributed by atoms with Crippen molar-refractivity contribution < 1.29 is 14.3 Å². The molecule has 1 aromatic heterocycles. The zero-order chi connectivity index (χ0) is 33.5. The maximum absolute atomic E-state index is 14.2.